The molecule has 1 amide bonds. The van der Waals surface area contributed by atoms with Gasteiger partial charge in [-0.3, -0.25) is 9.59 Å². The number of nitrogens with one attached hydrogen (secondary N) is 2. The lowest BCUT2D eigenvalue weighted by molar-refractivity contribution is 0.0948. The van der Waals surface area contributed by atoms with E-state index in [4.69, 9.17) is 4.42 Å². The number of carbonyl (C=O) groups excluding carboxylic acids is 2. The van der Waals surface area contributed by atoms with Gasteiger partial charge in [0.2, 0.25) is 5.89 Å². The quantitative estimate of drug-likeness (QED) is 0.607. The van der Waals surface area contributed by atoms with Crippen molar-refractivity contribution < 1.29 is 14.0 Å². The molecule has 3 aromatic rings. The Bertz CT molecular complexity index is 997. The van der Waals surface area contributed by atoms with E-state index in [2.05, 4.69) is 15.3 Å². The minimum absolute atomic E-state index is 0.0316. The van der Waals surface area contributed by atoms with Crippen LogP contribution in [-0.4, -0.2) is 28.2 Å². The maximum absolute atomic E-state index is 12.6. The third-order valence-corrected chi connectivity index (χ3v) is 4.74. The van der Waals surface area contributed by atoms with Gasteiger partial charge in [0, 0.05) is 29.8 Å². The Kier molecular flexibility index (Phi) is 5.78. The Hall–Kier alpha value is -3.15. The SMILES string of the molecule is CCc1c(C(=O)NCCc2coc(-c3ccc(C)cc3)n2)[nH]c(C)c1C(C)=O. The highest BCUT2D eigenvalue weighted by Gasteiger charge is 2.21. The number of H-pyrrole nitrogens is 1. The van der Waals surface area contributed by atoms with Gasteiger partial charge in [0.15, 0.2) is 5.78 Å². The molecule has 146 valence electrons. The molecule has 0 fully saturated rings. The van der Waals surface area contributed by atoms with E-state index in [1.54, 1.807) is 6.26 Å². The first-order valence-electron chi connectivity index (χ1n) is 9.42. The predicted molar refractivity (Wildman–Crippen MR) is 108 cm³/mol. The summed E-state index contributed by atoms with van der Waals surface area (Å²) in [5, 5.41) is 2.89. The number of ketones is 1. The first-order valence-corrected chi connectivity index (χ1v) is 9.42. The fraction of sp³-hybridized carbons (Fsp3) is 0.318. The van der Waals surface area contributed by atoms with Gasteiger partial charge in [-0.25, -0.2) is 4.98 Å². The molecular formula is C22H25N3O3. The van der Waals surface area contributed by atoms with Crippen LogP contribution < -0.4 is 5.32 Å². The van der Waals surface area contributed by atoms with E-state index >= 15 is 0 Å². The highest BCUT2D eigenvalue weighted by molar-refractivity contribution is 6.02. The summed E-state index contributed by atoms with van der Waals surface area (Å²) in [5.74, 6) is 0.325. The summed E-state index contributed by atoms with van der Waals surface area (Å²) < 4.78 is 5.55. The molecule has 0 bridgehead atoms. The fourth-order valence-electron chi connectivity index (χ4n) is 3.34. The smallest absolute Gasteiger partial charge is 0.268 e. The van der Waals surface area contributed by atoms with Crippen LogP contribution in [0.3, 0.4) is 0 Å². The summed E-state index contributed by atoms with van der Waals surface area (Å²) >= 11 is 0. The van der Waals surface area contributed by atoms with Crippen molar-refractivity contribution in [3.05, 3.63) is 64.3 Å². The molecule has 6 nitrogen and oxygen atoms in total. The number of benzene rings is 1. The van der Waals surface area contributed by atoms with E-state index < -0.39 is 0 Å². The summed E-state index contributed by atoms with van der Waals surface area (Å²) in [4.78, 5) is 32.0. The van der Waals surface area contributed by atoms with Gasteiger partial charge in [-0.15, -0.1) is 0 Å². The summed E-state index contributed by atoms with van der Waals surface area (Å²) in [6.07, 6.45) is 2.79. The Morgan fingerprint density at radius 3 is 2.54 bits per heavy atom. The van der Waals surface area contributed by atoms with Crippen molar-refractivity contribution in [2.45, 2.75) is 40.5 Å². The zero-order valence-corrected chi connectivity index (χ0v) is 16.7. The summed E-state index contributed by atoms with van der Waals surface area (Å²) in [7, 11) is 0. The lowest BCUT2D eigenvalue weighted by Gasteiger charge is -2.05. The lowest BCUT2D eigenvalue weighted by Crippen LogP contribution is -2.27. The number of oxazole rings is 1. The minimum atomic E-state index is -0.213. The summed E-state index contributed by atoms with van der Waals surface area (Å²) in [6, 6.07) is 7.97. The van der Waals surface area contributed by atoms with Crippen LogP contribution in [0.2, 0.25) is 0 Å². The highest BCUT2D eigenvalue weighted by atomic mass is 16.3. The standard InChI is InChI=1S/C22H25N3O3/c1-5-18-19(15(4)26)14(3)24-20(18)21(27)23-11-10-17-12-28-22(25-17)16-8-6-13(2)7-9-16/h6-9,12,24H,5,10-11H2,1-4H3,(H,23,27). The zero-order valence-electron chi connectivity index (χ0n) is 16.7. The van der Waals surface area contributed by atoms with Gasteiger partial charge in [-0.2, -0.15) is 0 Å². The minimum Gasteiger partial charge on any atom is -0.444 e. The second-order valence-electron chi connectivity index (χ2n) is 6.90. The Labute approximate surface area is 164 Å². The van der Waals surface area contributed by atoms with E-state index in [9.17, 15) is 9.59 Å². The highest BCUT2D eigenvalue weighted by Crippen LogP contribution is 2.21. The topological polar surface area (TPSA) is 88.0 Å². The van der Waals surface area contributed by atoms with Crippen LogP contribution in [0.25, 0.3) is 11.5 Å². The molecule has 1 aromatic carbocycles. The number of hydrogen-bond donors (Lipinski definition) is 2. The van der Waals surface area contributed by atoms with Crippen molar-refractivity contribution in [2.24, 2.45) is 0 Å². The number of amides is 1. The van der Waals surface area contributed by atoms with Gasteiger partial charge in [0.1, 0.15) is 12.0 Å². The molecule has 2 N–H and O–H groups in total. The molecule has 0 saturated heterocycles. The molecule has 2 heterocycles. The lowest BCUT2D eigenvalue weighted by atomic mass is 10.0. The molecule has 0 aliphatic heterocycles. The fourth-order valence-corrected chi connectivity index (χ4v) is 3.34. The molecule has 6 heteroatoms. The van der Waals surface area contributed by atoms with Gasteiger partial charge >= 0.3 is 0 Å². The molecule has 0 aliphatic rings. The van der Waals surface area contributed by atoms with Crippen molar-refractivity contribution in [2.75, 3.05) is 6.54 Å². The van der Waals surface area contributed by atoms with Crippen molar-refractivity contribution in [1.82, 2.24) is 15.3 Å². The van der Waals surface area contributed by atoms with E-state index in [0.717, 1.165) is 22.5 Å². The normalized spacial score (nSPS) is 10.9. The number of rotatable bonds is 7. The van der Waals surface area contributed by atoms with Crippen molar-refractivity contribution in [3.8, 4) is 11.5 Å². The van der Waals surface area contributed by atoms with Crippen LogP contribution in [0.4, 0.5) is 0 Å². The number of nitrogens with zero attached hydrogens (tertiary/aromatic N) is 1. The van der Waals surface area contributed by atoms with Crippen molar-refractivity contribution in [1.29, 1.82) is 0 Å². The maximum Gasteiger partial charge on any atom is 0.268 e. The molecule has 0 aliphatic carbocycles. The molecule has 0 radical (unpaired) electrons. The monoisotopic (exact) mass is 379 g/mol. The van der Waals surface area contributed by atoms with Gasteiger partial charge in [-0.05, 0) is 44.9 Å². The third kappa shape index (κ3) is 4.06. The molecule has 3 rings (SSSR count). The van der Waals surface area contributed by atoms with Crippen molar-refractivity contribution in [3.63, 3.8) is 0 Å². The summed E-state index contributed by atoms with van der Waals surface area (Å²) in [6.45, 7) is 7.73. The number of aromatic amines is 1. The number of aromatic nitrogens is 2. The average molecular weight is 379 g/mol. The second-order valence-corrected chi connectivity index (χ2v) is 6.90. The second kappa shape index (κ2) is 8.25. The van der Waals surface area contributed by atoms with Crippen LogP contribution >= 0.6 is 0 Å². The van der Waals surface area contributed by atoms with Crippen LogP contribution in [0.15, 0.2) is 34.9 Å². The Balaban J connectivity index is 1.63. The van der Waals surface area contributed by atoms with E-state index in [1.165, 1.54) is 12.5 Å². The molecular weight excluding hydrogens is 354 g/mol. The van der Waals surface area contributed by atoms with E-state index in [0.29, 0.717) is 36.5 Å². The van der Waals surface area contributed by atoms with Gasteiger partial charge < -0.3 is 14.7 Å². The number of aryl methyl sites for hydroxylation is 2. The predicted octanol–water partition coefficient (Wildman–Crippen LogP) is 4.02. The molecule has 0 atom stereocenters. The van der Waals surface area contributed by atoms with Crippen molar-refractivity contribution >= 4 is 11.7 Å². The molecule has 0 unspecified atom stereocenters. The zero-order chi connectivity index (χ0) is 20.3. The average Bonchev–Trinajstić information content (AvgIpc) is 3.26. The van der Waals surface area contributed by atoms with Crippen LogP contribution in [0.5, 0.6) is 0 Å². The number of Topliss-reactive ketones (excluding diaryl/α,β-unsaturated/α-hetero) is 1. The van der Waals surface area contributed by atoms with Crippen LogP contribution in [-0.2, 0) is 12.8 Å². The summed E-state index contributed by atoms with van der Waals surface area (Å²) in [5.41, 5.74) is 5.46. The number of carbonyl (C=O) groups is 2. The van der Waals surface area contributed by atoms with Gasteiger partial charge in [0.05, 0.1) is 5.69 Å². The largest absolute Gasteiger partial charge is 0.444 e. The first kappa shape index (κ1) is 19.6. The Morgan fingerprint density at radius 2 is 1.89 bits per heavy atom. The first-order chi connectivity index (χ1) is 13.4. The molecule has 2 aromatic heterocycles. The third-order valence-electron chi connectivity index (χ3n) is 4.74. The number of hydrogen-bond acceptors (Lipinski definition) is 4. The molecule has 0 saturated carbocycles. The van der Waals surface area contributed by atoms with E-state index in [1.807, 2.05) is 45.0 Å². The molecule has 28 heavy (non-hydrogen) atoms. The molecule has 0 spiro atoms. The van der Waals surface area contributed by atoms with Gasteiger partial charge in [-0.1, -0.05) is 24.6 Å². The van der Waals surface area contributed by atoms with Crippen LogP contribution in [0.1, 0.15) is 57.2 Å². The van der Waals surface area contributed by atoms with E-state index in [-0.39, 0.29) is 11.7 Å². The van der Waals surface area contributed by atoms with Crippen LogP contribution in [0, 0.1) is 13.8 Å². The Morgan fingerprint density at radius 1 is 1.18 bits per heavy atom. The maximum atomic E-state index is 12.6. The van der Waals surface area contributed by atoms with Gasteiger partial charge in [0.25, 0.3) is 5.91 Å².